The molecule has 0 atom stereocenters. The number of aromatic nitrogens is 5. The second-order valence-electron chi connectivity index (χ2n) is 6.86. The summed E-state index contributed by atoms with van der Waals surface area (Å²) in [6.07, 6.45) is 10.7. The summed E-state index contributed by atoms with van der Waals surface area (Å²) in [5, 5.41) is 11.7. The minimum absolute atomic E-state index is 0.245. The fourth-order valence-electron chi connectivity index (χ4n) is 3.28. The van der Waals surface area contributed by atoms with Crippen molar-refractivity contribution in [2.24, 2.45) is 0 Å². The first-order valence-corrected chi connectivity index (χ1v) is 10.5. The molecular formula is C23H17FN6S. The van der Waals surface area contributed by atoms with Crippen LogP contribution < -0.4 is 5.32 Å². The van der Waals surface area contributed by atoms with Crippen LogP contribution in [0.4, 0.5) is 15.9 Å². The maximum Gasteiger partial charge on any atom is 0.141 e. The highest BCUT2D eigenvalue weighted by Crippen LogP contribution is 2.24. The van der Waals surface area contributed by atoms with E-state index in [0.29, 0.717) is 12.4 Å². The Hall–Kier alpha value is -3.91. The quantitative estimate of drug-likeness (QED) is 0.393. The van der Waals surface area contributed by atoms with Crippen molar-refractivity contribution in [3.63, 3.8) is 0 Å². The summed E-state index contributed by atoms with van der Waals surface area (Å²) in [6.45, 7) is 0.506. The van der Waals surface area contributed by atoms with E-state index in [4.69, 9.17) is 0 Å². The second-order valence-corrected chi connectivity index (χ2v) is 7.79. The van der Waals surface area contributed by atoms with Gasteiger partial charge in [0.25, 0.3) is 0 Å². The van der Waals surface area contributed by atoms with Crippen LogP contribution in [-0.4, -0.2) is 24.7 Å². The highest BCUT2D eigenvalue weighted by atomic mass is 32.1. The molecule has 0 aliphatic rings. The van der Waals surface area contributed by atoms with Crippen LogP contribution in [0.15, 0.2) is 72.8 Å². The van der Waals surface area contributed by atoms with Gasteiger partial charge < -0.3 is 5.32 Å². The van der Waals surface area contributed by atoms with Gasteiger partial charge in [0.05, 0.1) is 18.3 Å². The van der Waals surface area contributed by atoms with E-state index < -0.39 is 0 Å². The molecule has 0 aliphatic heterocycles. The van der Waals surface area contributed by atoms with Gasteiger partial charge in [0.1, 0.15) is 23.0 Å². The summed E-state index contributed by atoms with van der Waals surface area (Å²) in [7, 11) is 0. The molecule has 31 heavy (non-hydrogen) atoms. The molecule has 3 aromatic heterocycles. The van der Waals surface area contributed by atoms with Gasteiger partial charge in [0, 0.05) is 34.4 Å². The van der Waals surface area contributed by atoms with E-state index in [1.165, 1.54) is 18.5 Å². The van der Waals surface area contributed by atoms with Crippen LogP contribution in [0, 0.1) is 5.82 Å². The molecule has 0 saturated heterocycles. The van der Waals surface area contributed by atoms with Crippen LogP contribution in [0.25, 0.3) is 23.1 Å². The molecule has 0 amide bonds. The van der Waals surface area contributed by atoms with Gasteiger partial charge in [-0.25, -0.2) is 19.3 Å². The summed E-state index contributed by atoms with van der Waals surface area (Å²) >= 11 is 1.57. The number of benzene rings is 2. The third-order valence-corrected chi connectivity index (χ3v) is 5.46. The predicted octanol–water partition coefficient (Wildman–Crippen LogP) is 5.38. The molecule has 0 saturated carbocycles. The summed E-state index contributed by atoms with van der Waals surface area (Å²) in [4.78, 5) is 12.8. The smallest absolute Gasteiger partial charge is 0.141 e. The first-order chi connectivity index (χ1) is 15.2. The van der Waals surface area contributed by atoms with E-state index in [9.17, 15) is 4.39 Å². The Balaban J connectivity index is 1.38. The molecule has 0 spiro atoms. The number of anilines is 2. The maximum absolute atomic E-state index is 13.5. The van der Waals surface area contributed by atoms with Gasteiger partial charge in [-0.1, -0.05) is 12.1 Å². The first-order valence-electron chi connectivity index (χ1n) is 9.59. The molecule has 0 radical (unpaired) electrons. The number of rotatable bonds is 6. The highest BCUT2D eigenvalue weighted by molar-refractivity contribution is 7.10. The normalized spacial score (nSPS) is 11.4. The Morgan fingerprint density at radius 3 is 2.90 bits per heavy atom. The Bertz CT molecular complexity index is 1360. The standard InChI is InChI=1S/C23H17FN6S/c24-19-3-1-2-16(10-19)14-30-21-6-5-20(11-18(21)13-28-30)29-23-17(12-25-15-27-23)4-7-22-26-8-9-31-22/h1-13,15H,14H2,(H,25,27,29)/b7-4+. The zero-order valence-corrected chi connectivity index (χ0v) is 17.1. The van der Waals surface area contributed by atoms with Crippen molar-refractivity contribution < 1.29 is 4.39 Å². The average Bonchev–Trinajstić information content (AvgIpc) is 3.43. The number of halogens is 1. The number of hydrogen-bond acceptors (Lipinski definition) is 6. The van der Waals surface area contributed by atoms with E-state index in [1.54, 1.807) is 29.8 Å². The summed E-state index contributed by atoms with van der Waals surface area (Å²) in [6, 6.07) is 12.6. The first kappa shape index (κ1) is 19.1. The van der Waals surface area contributed by atoms with Crippen molar-refractivity contribution in [3.8, 4) is 0 Å². The van der Waals surface area contributed by atoms with Gasteiger partial charge in [-0.15, -0.1) is 11.3 Å². The van der Waals surface area contributed by atoms with Crippen LogP contribution in [0.5, 0.6) is 0 Å². The van der Waals surface area contributed by atoms with Gasteiger partial charge >= 0.3 is 0 Å². The highest BCUT2D eigenvalue weighted by Gasteiger charge is 2.07. The molecule has 8 heteroatoms. The maximum atomic E-state index is 13.5. The van der Waals surface area contributed by atoms with Crippen molar-refractivity contribution in [3.05, 3.63) is 94.7 Å². The van der Waals surface area contributed by atoms with Gasteiger partial charge in [-0.05, 0) is 48.0 Å². The van der Waals surface area contributed by atoms with Crippen LogP contribution in [0.2, 0.25) is 0 Å². The lowest BCUT2D eigenvalue weighted by Gasteiger charge is -2.09. The number of hydrogen-bond donors (Lipinski definition) is 1. The number of nitrogens with one attached hydrogen (secondary N) is 1. The van der Waals surface area contributed by atoms with Gasteiger partial charge in [-0.2, -0.15) is 5.10 Å². The number of nitrogens with zero attached hydrogens (tertiary/aromatic N) is 5. The van der Waals surface area contributed by atoms with Gasteiger partial charge in [0.15, 0.2) is 0 Å². The third-order valence-electron chi connectivity index (χ3n) is 4.72. The number of thiazole rings is 1. The monoisotopic (exact) mass is 428 g/mol. The fraction of sp³-hybridized carbons (Fsp3) is 0.0435. The molecular weight excluding hydrogens is 411 g/mol. The molecule has 152 valence electrons. The average molecular weight is 428 g/mol. The van der Waals surface area contributed by atoms with Gasteiger partial charge in [-0.3, -0.25) is 4.68 Å². The lowest BCUT2D eigenvalue weighted by Crippen LogP contribution is -2.01. The van der Waals surface area contributed by atoms with Crippen molar-refractivity contribution in [2.45, 2.75) is 6.54 Å². The molecule has 6 nitrogen and oxygen atoms in total. The van der Waals surface area contributed by atoms with E-state index in [1.807, 2.05) is 52.7 Å². The molecule has 5 aromatic rings. The Morgan fingerprint density at radius 1 is 1.06 bits per heavy atom. The van der Waals surface area contributed by atoms with E-state index in [-0.39, 0.29) is 5.82 Å². The Labute approximate surface area is 181 Å². The van der Waals surface area contributed by atoms with Crippen molar-refractivity contribution in [1.29, 1.82) is 0 Å². The summed E-state index contributed by atoms with van der Waals surface area (Å²) in [5.74, 6) is 0.458. The summed E-state index contributed by atoms with van der Waals surface area (Å²) < 4.78 is 15.3. The van der Waals surface area contributed by atoms with E-state index >= 15 is 0 Å². The zero-order chi connectivity index (χ0) is 21.0. The molecule has 3 heterocycles. The third kappa shape index (κ3) is 4.34. The molecule has 2 aromatic carbocycles. The molecule has 1 N–H and O–H groups in total. The van der Waals surface area contributed by atoms with Crippen LogP contribution >= 0.6 is 11.3 Å². The van der Waals surface area contributed by atoms with E-state index in [0.717, 1.165) is 32.7 Å². The second kappa shape index (κ2) is 8.45. The zero-order valence-electron chi connectivity index (χ0n) is 16.3. The largest absolute Gasteiger partial charge is 0.340 e. The van der Waals surface area contributed by atoms with Crippen molar-refractivity contribution in [2.75, 3.05) is 5.32 Å². The number of fused-ring (bicyclic) bond motifs is 1. The Morgan fingerprint density at radius 2 is 2.03 bits per heavy atom. The minimum atomic E-state index is -0.245. The van der Waals surface area contributed by atoms with Gasteiger partial charge in [0.2, 0.25) is 0 Å². The molecule has 0 unspecified atom stereocenters. The lowest BCUT2D eigenvalue weighted by atomic mass is 10.2. The predicted molar refractivity (Wildman–Crippen MR) is 122 cm³/mol. The molecule has 0 aliphatic carbocycles. The summed E-state index contributed by atoms with van der Waals surface area (Å²) in [5.41, 5.74) is 3.59. The Kier molecular flexibility index (Phi) is 5.20. The van der Waals surface area contributed by atoms with Crippen LogP contribution in [0.3, 0.4) is 0 Å². The molecule has 5 rings (SSSR count). The molecule has 0 bridgehead atoms. The lowest BCUT2D eigenvalue weighted by molar-refractivity contribution is 0.621. The van der Waals surface area contributed by atoms with Crippen LogP contribution in [0.1, 0.15) is 16.1 Å². The minimum Gasteiger partial charge on any atom is -0.340 e. The van der Waals surface area contributed by atoms with Crippen molar-refractivity contribution >= 4 is 45.9 Å². The van der Waals surface area contributed by atoms with Crippen molar-refractivity contribution in [1.82, 2.24) is 24.7 Å². The van der Waals surface area contributed by atoms with E-state index in [2.05, 4.69) is 25.4 Å². The SMILES string of the molecule is Fc1cccc(Cn2ncc3cc(Nc4ncncc4/C=C/c4nccs4)ccc32)c1. The molecule has 0 fully saturated rings. The fourth-order valence-corrected chi connectivity index (χ4v) is 3.81. The van der Waals surface area contributed by atoms with Crippen LogP contribution in [-0.2, 0) is 6.54 Å². The topological polar surface area (TPSA) is 68.5 Å².